The summed E-state index contributed by atoms with van der Waals surface area (Å²) in [7, 11) is 0. The lowest BCUT2D eigenvalue weighted by atomic mass is 10.2. The van der Waals surface area contributed by atoms with Gasteiger partial charge in [0.15, 0.2) is 0 Å². The van der Waals surface area contributed by atoms with E-state index in [2.05, 4.69) is 5.32 Å². The van der Waals surface area contributed by atoms with Gasteiger partial charge in [-0.25, -0.2) is 4.39 Å². The maximum Gasteiger partial charge on any atom is 0.266 e. The summed E-state index contributed by atoms with van der Waals surface area (Å²) in [5.41, 5.74) is 6.30. The Hall–Kier alpha value is -2.15. The number of thiophene rings is 1. The molecule has 1 aliphatic heterocycles. The minimum atomic E-state index is -0.379. The van der Waals surface area contributed by atoms with Crippen molar-refractivity contribution in [2.24, 2.45) is 0 Å². The van der Waals surface area contributed by atoms with Gasteiger partial charge in [0.2, 0.25) is 5.91 Å². The minimum absolute atomic E-state index is 0.0586. The van der Waals surface area contributed by atoms with Crippen molar-refractivity contribution in [3.63, 3.8) is 0 Å². The predicted molar refractivity (Wildman–Crippen MR) is 79.7 cm³/mol. The van der Waals surface area contributed by atoms with Gasteiger partial charge in [-0.1, -0.05) is 0 Å². The summed E-state index contributed by atoms with van der Waals surface area (Å²) < 4.78 is 14.1. The number of anilines is 1. The lowest BCUT2D eigenvalue weighted by Gasteiger charge is -2.18. The lowest BCUT2D eigenvalue weighted by molar-refractivity contribution is -0.120. The molecule has 1 fully saturated rings. The maximum atomic E-state index is 13.3. The van der Waals surface area contributed by atoms with E-state index in [9.17, 15) is 14.0 Å². The van der Waals surface area contributed by atoms with Crippen molar-refractivity contribution in [3.8, 4) is 0 Å². The van der Waals surface area contributed by atoms with Crippen molar-refractivity contribution < 1.29 is 14.0 Å². The normalized spacial score (nSPS) is 15.9. The first-order valence-electron chi connectivity index (χ1n) is 6.60. The number of nitrogens with two attached hydrogens (primary N) is 1. The second-order valence-electron chi connectivity index (χ2n) is 4.88. The van der Waals surface area contributed by atoms with Crippen LogP contribution in [0.5, 0.6) is 0 Å². The Morgan fingerprint density at radius 1 is 1.38 bits per heavy atom. The SMILES string of the molecule is Nc1c(C(=O)N2CCNC(=O)CC2)sc2ccc(F)cc12. The topological polar surface area (TPSA) is 75.4 Å². The van der Waals surface area contributed by atoms with Crippen LogP contribution in [0, 0.1) is 5.82 Å². The highest BCUT2D eigenvalue weighted by molar-refractivity contribution is 7.21. The third-order valence-corrected chi connectivity index (χ3v) is 4.66. The van der Waals surface area contributed by atoms with Gasteiger partial charge in [-0.3, -0.25) is 9.59 Å². The van der Waals surface area contributed by atoms with Crippen LogP contribution in [0.3, 0.4) is 0 Å². The zero-order chi connectivity index (χ0) is 15.0. The van der Waals surface area contributed by atoms with Gasteiger partial charge in [-0.15, -0.1) is 11.3 Å². The zero-order valence-corrected chi connectivity index (χ0v) is 12.0. The summed E-state index contributed by atoms with van der Waals surface area (Å²) in [4.78, 5) is 25.9. The Morgan fingerprint density at radius 2 is 2.19 bits per heavy atom. The number of halogens is 1. The molecule has 3 rings (SSSR count). The van der Waals surface area contributed by atoms with E-state index in [0.29, 0.717) is 35.6 Å². The number of carbonyl (C=O) groups excluding carboxylic acids is 2. The molecule has 2 heterocycles. The number of fused-ring (bicyclic) bond motifs is 1. The Bertz CT molecular complexity index is 728. The number of carbonyl (C=O) groups is 2. The summed E-state index contributed by atoms with van der Waals surface area (Å²) >= 11 is 1.25. The van der Waals surface area contributed by atoms with Gasteiger partial charge in [0, 0.05) is 36.1 Å². The molecule has 0 unspecified atom stereocenters. The zero-order valence-electron chi connectivity index (χ0n) is 11.2. The number of rotatable bonds is 1. The summed E-state index contributed by atoms with van der Waals surface area (Å²) in [5, 5.41) is 3.28. The molecule has 5 nitrogen and oxygen atoms in total. The van der Waals surface area contributed by atoms with Crippen molar-refractivity contribution in [2.75, 3.05) is 25.4 Å². The second kappa shape index (κ2) is 5.33. The van der Waals surface area contributed by atoms with Crippen molar-refractivity contribution >= 4 is 38.9 Å². The average Bonchev–Trinajstić information content (AvgIpc) is 2.64. The van der Waals surface area contributed by atoms with E-state index in [1.165, 1.54) is 23.5 Å². The lowest BCUT2D eigenvalue weighted by Crippen LogP contribution is -2.34. The highest BCUT2D eigenvalue weighted by atomic mass is 32.1. The van der Waals surface area contributed by atoms with Crippen LogP contribution in [0.4, 0.5) is 10.1 Å². The molecule has 0 radical (unpaired) electrons. The molecule has 1 aromatic heterocycles. The molecule has 1 saturated heterocycles. The molecule has 0 aliphatic carbocycles. The van der Waals surface area contributed by atoms with E-state index in [0.717, 1.165) is 4.70 Å². The maximum absolute atomic E-state index is 13.3. The molecule has 2 amide bonds. The highest BCUT2D eigenvalue weighted by Crippen LogP contribution is 2.34. The van der Waals surface area contributed by atoms with E-state index in [4.69, 9.17) is 5.73 Å². The Balaban J connectivity index is 1.94. The standard InChI is InChI=1S/C14H14FN3O2S/c15-8-1-2-10-9(7-8)12(16)13(21-10)14(20)18-5-3-11(19)17-4-6-18/h1-2,7H,3-6,16H2,(H,17,19). The van der Waals surface area contributed by atoms with Crippen molar-refractivity contribution in [1.29, 1.82) is 0 Å². The van der Waals surface area contributed by atoms with E-state index < -0.39 is 0 Å². The van der Waals surface area contributed by atoms with Crippen molar-refractivity contribution in [1.82, 2.24) is 10.2 Å². The smallest absolute Gasteiger partial charge is 0.266 e. The summed E-state index contributed by atoms with van der Waals surface area (Å²) in [6.07, 6.45) is 0.283. The van der Waals surface area contributed by atoms with Gasteiger partial charge in [0.05, 0.1) is 5.69 Å². The van der Waals surface area contributed by atoms with Crippen LogP contribution in [0.25, 0.3) is 10.1 Å². The molecule has 0 bridgehead atoms. The number of nitrogens with zero attached hydrogens (tertiary/aromatic N) is 1. The van der Waals surface area contributed by atoms with Crippen LogP contribution >= 0.6 is 11.3 Å². The molecular weight excluding hydrogens is 293 g/mol. The summed E-state index contributed by atoms with van der Waals surface area (Å²) in [6.45, 7) is 1.25. The Kier molecular flexibility index (Phi) is 3.50. The van der Waals surface area contributed by atoms with Gasteiger partial charge in [0.25, 0.3) is 5.91 Å². The van der Waals surface area contributed by atoms with Crippen LogP contribution in [0.2, 0.25) is 0 Å². The monoisotopic (exact) mass is 307 g/mol. The number of amides is 2. The predicted octanol–water partition coefficient (Wildman–Crippen LogP) is 1.58. The first-order valence-corrected chi connectivity index (χ1v) is 7.41. The molecule has 7 heteroatoms. The number of nitrogens with one attached hydrogen (secondary N) is 1. The van der Waals surface area contributed by atoms with Crippen LogP contribution in [0.15, 0.2) is 18.2 Å². The highest BCUT2D eigenvalue weighted by Gasteiger charge is 2.24. The third kappa shape index (κ3) is 2.56. The molecule has 21 heavy (non-hydrogen) atoms. The van der Waals surface area contributed by atoms with Gasteiger partial charge < -0.3 is 16.0 Å². The largest absolute Gasteiger partial charge is 0.397 e. The molecule has 3 N–H and O–H groups in total. The van der Waals surface area contributed by atoms with Gasteiger partial charge in [0.1, 0.15) is 10.7 Å². The molecule has 0 saturated carbocycles. The number of hydrogen-bond acceptors (Lipinski definition) is 4. The van der Waals surface area contributed by atoms with Gasteiger partial charge in [-0.2, -0.15) is 0 Å². The molecule has 110 valence electrons. The summed E-state index contributed by atoms with van der Waals surface area (Å²) in [6, 6.07) is 4.31. The minimum Gasteiger partial charge on any atom is -0.397 e. The van der Waals surface area contributed by atoms with E-state index in [1.807, 2.05) is 0 Å². The van der Waals surface area contributed by atoms with Gasteiger partial charge in [-0.05, 0) is 18.2 Å². The fourth-order valence-corrected chi connectivity index (χ4v) is 3.43. The van der Waals surface area contributed by atoms with Crippen LogP contribution in [-0.4, -0.2) is 36.3 Å². The molecule has 1 aromatic carbocycles. The van der Waals surface area contributed by atoms with E-state index >= 15 is 0 Å². The fourth-order valence-electron chi connectivity index (χ4n) is 2.36. The molecule has 0 atom stereocenters. The number of benzene rings is 1. The first-order chi connectivity index (χ1) is 10.1. The van der Waals surface area contributed by atoms with Crippen LogP contribution < -0.4 is 11.1 Å². The third-order valence-electron chi connectivity index (χ3n) is 3.48. The van der Waals surface area contributed by atoms with Crippen LogP contribution in [-0.2, 0) is 4.79 Å². The summed E-state index contributed by atoms with van der Waals surface area (Å²) in [5.74, 6) is -0.641. The van der Waals surface area contributed by atoms with E-state index in [-0.39, 0.29) is 24.1 Å². The fraction of sp³-hybridized carbons (Fsp3) is 0.286. The van der Waals surface area contributed by atoms with Gasteiger partial charge >= 0.3 is 0 Å². The molecule has 0 spiro atoms. The number of nitrogen functional groups attached to an aromatic ring is 1. The Morgan fingerprint density at radius 3 is 3.00 bits per heavy atom. The van der Waals surface area contributed by atoms with Crippen LogP contribution in [0.1, 0.15) is 16.1 Å². The second-order valence-corrected chi connectivity index (χ2v) is 5.93. The first kappa shape index (κ1) is 13.8. The molecule has 1 aliphatic rings. The van der Waals surface area contributed by atoms with Crippen molar-refractivity contribution in [3.05, 3.63) is 28.9 Å². The van der Waals surface area contributed by atoms with E-state index in [1.54, 1.807) is 11.0 Å². The average molecular weight is 307 g/mol. The Labute approximate surface area is 124 Å². The number of hydrogen-bond donors (Lipinski definition) is 2. The molecular formula is C14H14FN3O2S. The van der Waals surface area contributed by atoms with Crippen molar-refractivity contribution in [2.45, 2.75) is 6.42 Å². The quantitative estimate of drug-likeness (QED) is 0.840. The molecule has 2 aromatic rings.